The van der Waals surface area contributed by atoms with Crippen LogP contribution in [-0.2, 0) is 31.1 Å². The predicted octanol–water partition coefficient (Wildman–Crippen LogP) is 1.75. The molecule has 0 spiro atoms. The van der Waals surface area contributed by atoms with Gasteiger partial charge >= 0.3 is 5.97 Å². The van der Waals surface area contributed by atoms with E-state index in [4.69, 9.17) is 4.74 Å². The van der Waals surface area contributed by atoms with Crippen LogP contribution in [0.25, 0.3) is 0 Å². The van der Waals surface area contributed by atoms with Crippen molar-refractivity contribution in [3.8, 4) is 0 Å². The summed E-state index contributed by atoms with van der Waals surface area (Å²) < 4.78 is 54.7. The third kappa shape index (κ3) is 5.13. The quantitative estimate of drug-likeness (QED) is 0.714. The highest BCUT2D eigenvalue weighted by molar-refractivity contribution is 7.90. The molecule has 1 N–H and O–H groups in total. The van der Waals surface area contributed by atoms with Crippen molar-refractivity contribution in [1.29, 1.82) is 0 Å². The van der Waals surface area contributed by atoms with Crippen LogP contribution < -0.4 is 4.72 Å². The van der Waals surface area contributed by atoms with E-state index in [1.54, 1.807) is 31.2 Å². The molecule has 9 heteroatoms. The summed E-state index contributed by atoms with van der Waals surface area (Å²) in [6, 6.07) is 11.3. The second-order valence-corrected chi connectivity index (χ2v) is 9.27. The Morgan fingerprint density at radius 3 is 1.96 bits per heavy atom. The van der Waals surface area contributed by atoms with Crippen molar-refractivity contribution < 1.29 is 26.4 Å². The first kappa shape index (κ1) is 20.1. The summed E-state index contributed by atoms with van der Waals surface area (Å²) in [5, 5.41) is 0. The summed E-state index contributed by atoms with van der Waals surface area (Å²) in [6.07, 6.45) is 1.05. The van der Waals surface area contributed by atoms with Crippen LogP contribution in [0.15, 0.2) is 58.3 Å². The molecule has 26 heavy (non-hydrogen) atoms. The van der Waals surface area contributed by atoms with Crippen molar-refractivity contribution in [2.24, 2.45) is 0 Å². The first-order chi connectivity index (χ1) is 12.1. The van der Waals surface area contributed by atoms with Gasteiger partial charge in [-0.2, -0.15) is 0 Å². The minimum absolute atomic E-state index is 0.0271. The molecule has 2 rings (SSSR count). The van der Waals surface area contributed by atoms with Gasteiger partial charge in [0, 0.05) is 12.8 Å². The van der Waals surface area contributed by atoms with Gasteiger partial charge in [-0.1, -0.05) is 12.1 Å². The third-order valence-corrected chi connectivity index (χ3v) is 6.04. The van der Waals surface area contributed by atoms with Gasteiger partial charge in [0.2, 0.25) is 10.0 Å². The van der Waals surface area contributed by atoms with Crippen LogP contribution in [0.5, 0.6) is 0 Å². The van der Waals surface area contributed by atoms with Crippen LogP contribution in [0.2, 0.25) is 0 Å². The van der Waals surface area contributed by atoms with Crippen LogP contribution in [0.4, 0.5) is 0 Å². The number of hydrogen-bond donors (Lipinski definition) is 1. The summed E-state index contributed by atoms with van der Waals surface area (Å²) in [7, 11) is -7.18. The summed E-state index contributed by atoms with van der Waals surface area (Å²) in [4.78, 5) is 11.6. The first-order valence-electron chi connectivity index (χ1n) is 7.69. The first-order valence-corrected chi connectivity index (χ1v) is 11.1. The van der Waals surface area contributed by atoms with Crippen molar-refractivity contribution >= 4 is 25.8 Å². The molecule has 0 saturated heterocycles. The van der Waals surface area contributed by atoms with E-state index < -0.39 is 25.8 Å². The van der Waals surface area contributed by atoms with E-state index in [-0.39, 0.29) is 22.9 Å². The fraction of sp³-hybridized carbons (Fsp3) is 0.235. The molecular weight excluding hydrogens is 378 g/mol. The van der Waals surface area contributed by atoms with Crippen LogP contribution in [0, 0.1) is 0 Å². The topological polar surface area (TPSA) is 107 Å². The Morgan fingerprint density at radius 1 is 0.923 bits per heavy atom. The molecule has 0 amide bonds. The van der Waals surface area contributed by atoms with Gasteiger partial charge in [-0.05, 0) is 48.9 Å². The van der Waals surface area contributed by atoms with E-state index in [9.17, 15) is 21.6 Å². The van der Waals surface area contributed by atoms with Crippen molar-refractivity contribution in [1.82, 2.24) is 4.72 Å². The monoisotopic (exact) mass is 397 g/mol. The number of carbonyl (C=O) groups excluding carboxylic acids is 1. The zero-order chi connectivity index (χ0) is 19.4. The van der Waals surface area contributed by atoms with Gasteiger partial charge in [-0.25, -0.2) is 26.4 Å². The van der Waals surface area contributed by atoms with E-state index >= 15 is 0 Å². The Labute approximate surface area is 153 Å². The molecule has 0 aliphatic carbocycles. The number of hydrogen-bond acceptors (Lipinski definition) is 6. The Kier molecular flexibility index (Phi) is 6.17. The molecule has 0 bridgehead atoms. The number of sulfone groups is 1. The van der Waals surface area contributed by atoms with Crippen LogP contribution in [0.3, 0.4) is 0 Å². The van der Waals surface area contributed by atoms with Crippen molar-refractivity contribution in [2.75, 3.05) is 12.9 Å². The predicted molar refractivity (Wildman–Crippen MR) is 96.0 cm³/mol. The van der Waals surface area contributed by atoms with Crippen molar-refractivity contribution in [3.63, 3.8) is 0 Å². The normalized spacial score (nSPS) is 11.9. The zero-order valence-corrected chi connectivity index (χ0v) is 15.9. The van der Waals surface area contributed by atoms with Gasteiger partial charge in [0.1, 0.15) is 0 Å². The SMILES string of the molecule is CCOC(=O)c1ccc(CNS(=O)(=O)c2ccc(S(C)(=O)=O)cc2)cc1. The van der Waals surface area contributed by atoms with Crippen molar-refractivity contribution in [2.45, 2.75) is 23.3 Å². The van der Waals surface area contributed by atoms with Gasteiger partial charge in [-0.15, -0.1) is 0 Å². The fourth-order valence-corrected chi connectivity index (χ4v) is 3.75. The molecule has 0 saturated carbocycles. The molecule has 0 heterocycles. The lowest BCUT2D eigenvalue weighted by molar-refractivity contribution is 0.0526. The number of sulfonamides is 1. The summed E-state index contributed by atoms with van der Waals surface area (Å²) in [6.45, 7) is 2.02. The van der Waals surface area contributed by atoms with E-state index in [1.165, 1.54) is 24.3 Å². The zero-order valence-electron chi connectivity index (χ0n) is 14.3. The molecule has 0 fully saturated rings. The van der Waals surface area contributed by atoms with E-state index in [2.05, 4.69) is 4.72 Å². The van der Waals surface area contributed by atoms with Crippen molar-refractivity contribution in [3.05, 3.63) is 59.7 Å². The molecule has 2 aromatic rings. The van der Waals surface area contributed by atoms with Crippen LogP contribution >= 0.6 is 0 Å². The van der Waals surface area contributed by atoms with E-state index in [0.717, 1.165) is 6.26 Å². The largest absolute Gasteiger partial charge is 0.462 e. The van der Waals surface area contributed by atoms with Crippen LogP contribution in [-0.4, -0.2) is 35.7 Å². The van der Waals surface area contributed by atoms with Gasteiger partial charge in [0.25, 0.3) is 0 Å². The molecule has 0 unspecified atom stereocenters. The molecule has 0 radical (unpaired) electrons. The Bertz CT molecular complexity index is 979. The second-order valence-electron chi connectivity index (χ2n) is 5.49. The fourth-order valence-electron chi connectivity index (χ4n) is 2.10. The molecule has 0 aromatic heterocycles. The van der Waals surface area contributed by atoms with E-state index in [1.807, 2.05) is 0 Å². The Hall–Kier alpha value is -2.23. The Balaban J connectivity index is 2.07. The molecule has 0 aliphatic rings. The average molecular weight is 397 g/mol. The number of ether oxygens (including phenoxy) is 1. The molecule has 7 nitrogen and oxygen atoms in total. The molecule has 0 aliphatic heterocycles. The minimum atomic E-state index is -3.79. The van der Waals surface area contributed by atoms with E-state index in [0.29, 0.717) is 11.1 Å². The number of nitrogens with one attached hydrogen (secondary N) is 1. The standard InChI is InChI=1S/C17H19NO6S2/c1-3-24-17(19)14-6-4-13(5-7-14)12-18-26(22,23)16-10-8-15(9-11-16)25(2,20)21/h4-11,18H,3,12H2,1-2H3. The lowest BCUT2D eigenvalue weighted by atomic mass is 10.1. The third-order valence-electron chi connectivity index (χ3n) is 3.49. The highest BCUT2D eigenvalue weighted by Gasteiger charge is 2.15. The summed E-state index contributed by atoms with van der Waals surface area (Å²) in [5.74, 6) is -0.439. The maximum atomic E-state index is 12.3. The molecule has 2 aromatic carbocycles. The highest BCUT2D eigenvalue weighted by Crippen LogP contribution is 2.15. The maximum absolute atomic E-state index is 12.3. The number of esters is 1. The number of carbonyl (C=O) groups is 1. The summed E-state index contributed by atoms with van der Waals surface area (Å²) in [5.41, 5.74) is 1.05. The summed E-state index contributed by atoms with van der Waals surface area (Å²) >= 11 is 0. The maximum Gasteiger partial charge on any atom is 0.338 e. The van der Waals surface area contributed by atoms with Gasteiger partial charge in [0.05, 0.1) is 22.0 Å². The molecule has 140 valence electrons. The Morgan fingerprint density at radius 2 is 1.46 bits per heavy atom. The lowest BCUT2D eigenvalue weighted by Crippen LogP contribution is -2.23. The molecular formula is C17H19NO6S2. The van der Waals surface area contributed by atoms with Gasteiger partial charge in [0.15, 0.2) is 9.84 Å². The smallest absolute Gasteiger partial charge is 0.338 e. The highest BCUT2D eigenvalue weighted by atomic mass is 32.2. The number of benzene rings is 2. The number of rotatable bonds is 7. The molecule has 0 atom stereocenters. The second kappa shape index (κ2) is 7.98. The minimum Gasteiger partial charge on any atom is -0.462 e. The van der Waals surface area contributed by atoms with Gasteiger partial charge in [-0.3, -0.25) is 0 Å². The lowest BCUT2D eigenvalue weighted by Gasteiger charge is -2.08. The van der Waals surface area contributed by atoms with Crippen LogP contribution in [0.1, 0.15) is 22.8 Å². The van der Waals surface area contributed by atoms with Gasteiger partial charge < -0.3 is 4.74 Å². The average Bonchev–Trinajstić information content (AvgIpc) is 2.60.